The number of aliphatic hydroxyl groups excluding tert-OH is 1. The second-order valence-electron chi connectivity index (χ2n) is 34.6. The SMILES string of the molecule is O=C(O)CCN1CCN(CC(=O)CCCN(CCc2ccccn2)CCc2ccccn2)CCN(CC(=O)O)CCN(CC(=O)NCCN(CCc2ccccn2)CCc2ccccn2)CC1.O=C(O)CN1CCN(CCC(=O)NCCN(CCc2ccccn2)CCc2ccccn2)CCN(CC(=O)CO)CCN(CC(=O)CCCN(CCc2ccccn2)CCc2ccccn2)CC1.[Gd].[Gd]. The number of amides is 2. The van der Waals surface area contributed by atoms with Crippen molar-refractivity contribution in [3.8, 4) is 0 Å². The molecule has 8 aromatic heterocycles. The molecule has 2 fully saturated rings. The van der Waals surface area contributed by atoms with Crippen molar-refractivity contribution >= 4 is 47.1 Å². The van der Waals surface area contributed by atoms with E-state index in [0.29, 0.717) is 170 Å². The molecule has 0 aromatic carbocycles. The minimum atomic E-state index is -0.940. The second kappa shape index (κ2) is 70.3. The Morgan fingerprint density at radius 2 is 0.482 bits per heavy atom. The molecule has 2 aliphatic rings. The van der Waals surface area contributed by atoms with Crippen molar-refractivity contribution in [3.05, 3.63) is 241 Å². The van der Waals surface area contributed by atoms with E-state index in [4.69, 9.17) is 0 Å². The summed E-state index contributed by atoms with van der Waals surface area (Å²) in [7, 11) is 0. The van der Waals surface area contributed by atoms with Crippen LogP contribution in [0.1, 0.15) is 84.1 Å². The molecular weight excluding hydrogens is 2030 g/mol. The number of rotatable bonds is 57. The van der Waals surface area contributed by atoms with E-state index in [1.165, 1.54) is 0 Å². The van der Waals surface area contributed by atoms with E-state index < -0.39 is 24.5 Å². The molecule has 36 heteroatoms. The van der Waals surface area contributed by atoms with Gasteiger partial charge in [0.05, 0.1) is 45.7 Å². The van der Waals surface area contributed by atoms with Crippen LogP contribution in [0.4, 0.5) is 0 Å². The Morgan fingerprint density at radius 1 is 0.255 bits per heavy atom. The Hall–Kier alpha value is -8.31. The van der Waals surface area contributed by atoms with Crippen LogP contribution in [-0.4, -0.2) is 421 Å². The van der Waals surface area contributed by atoms with Crippen molar-refractivity contribution in [1.82, 2.24) is 109 Å². The summed E-state index contributed by atoms with van der Waals surface area (Å²) in [5, 5.41) is 45.2. The standard InChI is InChI=1S/C51H73N11O6.C50H71N11O6.2Gd/c63-43-49(65)41-61-34-32-59(30-19-50(66)56-24-31-58(28-17-46-12-3-7-22-54-46)29-18-47-13-4-8-23-55-47)33-35-62(42-51(67)68)39-38-60(36-37-61)40-48(64)14-9-25-57(26-15-44-10-1-5-20-52-44)27-16-45-11-2-6-21-53-45;62-47(14-9-25-56(26-15-43-10-1-5-20-51-43)27-16-44-11-2-6-21-52-44)40-59-34-32-58(30-19-49(64)65)33-35-60(37-39-61(38-36-59)42-50(66)67)41-48(63)55-24-31-57(28-17-45-12-3-7-22-53-45)29-18-46-13-4-8-23-54-46;;/h1-8,10-13,20-23,63H,9,14-19,24-43H2,(H,56,66)(H,67,68);1-8,10-13,20-23H,9,14-19,24-42H2,(H,55,63)(H,64,65)(H,66,67);;. The van der Waals surface area contributed by atoms with Gasteiger partial charge < -0.3 is 60.5 Å². The largest absolute Gasteiger partial charge is 0.481 e. The number of pyridine rings is 8. The predicted molar refractivity (Wildman–Crippen MR) is 520 cm³/mol. The molecule has 10 heterocycles. The van der Waals surface area contributed by atoms with Gasteiger partial charge in [-0.05, 0) is 123 Å². The van der Waals surface area contributed by atoms with E-state index in [-0.39, 0.29) is 161 Å². The fourth-order valence-corrected chi connectivity index (χ4v) is 16.4. The fourth-order valence-electron chi connectivity index (χ4n) is 16.4. The first kappa shape index (κ1) is 116. The quantitative estimate of drug-likeness (QED) is 0.0310. The third-order valence-electron chi connectivity index (χ3n) is 24.3. The number of aromatic nitrogens is 8. The number of nitrogens with zero attached hydrogens (tertiary/aromatic N) is 20. The van der Waals surface area contributed by atoms with Gasteiger partial charge in [-0.15, -0.1) is 0 Å². The van der Waals surface area contributed by atoms with Gasteiger partial charge in [-0.1, -0.05) is 48.5 Å². The molecule has 0 spiro atoms. The predicted octanol–water partition coefficient (Wildman–Crippen LogP) is 4.25. The maximum absolute atomic E-state index is 13.6. The molecule has 0 unspecified atom stereocenters. The maximum Gasteiger partial charge on any atom is 0.317 e. The summed E-state index contributed by atoms with van der Waals surface area (Å²) in [6.45, 7) is 18.5. The average Bonchev–Trinajstić information content (AvgIpc) is 0.952. The number of nitrogens with one attached hydrogen (secondary N) is 2. The van der Waals surface area contributed by atoms with Gasteiger partial charge in [-0.2, -0.15) is 0 Å². The van der Waals surface area contributed by atoms with Crippen LogP contribution in [-0.2, 0) is 89.7 Å². The smallest absolute Gasteiger partial charge is 0.317 e. The number of hydrogen-bond acceptors (Lipinski definition) is 29. The number of ketones is 3. The van der Waals surface area contributed by atoms with E-state index in [1.807, 2.05) is 190 Å². The molecule has 2 saturated heterocycles. The molecule has 2 aliphatic heterocycles. The van der Waals surface area contributed by atoms with Crippen molar-refractivity contribution < 1.29 is 139 Å². The number of aliphatic hydroxyl groups is 1. The number of carboxylic acid groups (broad SMARTS) is 3. The number of carbonyl (C=O) groups is 8. The van der Waals surface area contributed by atoms with Gasteiger partial charge in [-0.3, -0.25) is 108 Å². The summed E-state index contributed by atoms with van der Waals surface area (Å²) in [5.41, 5.74) is 8.17. The Labute approximate surface area is 873 Å². The molecule has 0 radical (unpaired) electrons. The van der Waals surface area contributed by atoms with E-state index in [0.717, 1.165) is 162 Å². The van der Waals surface area contributed by atoms with Gasteiger partial charge in [0.15, 0.2) is 5.78 Å². The molecule has 0 saturated carbocycles. The molecule has 6 N–H and O–H groups in total. The Morgan fingerprint density at radius 3 is 0.723 bits per heavy atom. The van der Waals surface area contributed by atoms with Crippen molar-refractivity contribution in [2.75, 3.05) is 255 Å². The molecule has 137 heavy (non-hydrogen) atoms. The molecule has 34 nitrogen and oxygen atoms in total. The van der Waals surface area contributed by atoms with Crippen LogP contribution in [0.25, 0.3) is 0 Å². The molecule has 0 aliphatic carbocycles. The number of aliphatic carboxylic acids is 3. The third kappa shape index (κ3) is 52.7. The zero-order valence-corrected chi connectivity index (χ0v) is 84.2. The third-order valence-corrected chi connectivity index (χ3v) is 24.3. The van der Waals surface area contributed by atoms with Gasteiger partial charge in [-0.25, -0.2) is 0 Å². The van der Waals surface area contributed by atoms with E-state index >= 15 is 0 Å². The molecule has 0 atom stereocenters. The summed E-state index contributed by atoms with van der Waals surface area (Å²) < 4.78 is 0. The number of carbonyl (C=O) groups excluding carboxylic acids is 5. The summed E-state index contributed by atoms with van der Waals surface area (Å²) >= 11 is 0. The minimum Gasteiger partial charge on any atom is -0.481 e. The van der Waals surface area contributed by atoms with Gasteiger partial charge in [0.2, 0.25) is 11.8 Å². The molecule has 0 bridgehead atoms. The molecule has 2 amide bonds. The fraction of sp³-hybridized carbons (Fsp3) is 0.525. The summed E-state index contributed by atoms with van der Waals surface area (Å²) in [4.78, 5) is 164. The van der Waals surface area contributed by atoms with E-state index in [9.17, 15) is 58.8 Å². The first-order chi connectivity index (χ1) is 65.9. The molecule has 746 valence electrons. The van der Waals surface area contributed by atoms with Gasteiger partial charge in [0, 0.05) is 442 Å². The van der Waals surface area contributed by atoms with Crippen LogP contribution >= 0.6 is 0 Å². The zero-order chi connectivity index (χ0) is 95.3. The average molecular weight is 2170 g/mol. The van der Waals surface area contributed by atoms with Crippen LogP contribution in [0, 0.1) is 79.9 Å². The van der Waals surface area contributed by atoms with Crippen LogP contribution < -0.4 is 10.6 Å². The summed E-state index contributed by atoms with van der Waals surface area (Å²) in [5.74, 6) is -3.01. The van der Waals surface area contributed by atoms with Gasteiger partial charge in [0.1, 0.15) is 18.2 Å². The normalized spacial score (nSPS) is 14.7. The zero-order valence-electron chi connectivity index (χ0n) is 79.7. The number of carboxylic acids is 3. The van der Waals surface area contributed by atoms with Crippen molar-refractivity contribution in [2.45, 2.75) is 89.9 Å². The number of hydrogen-bond donors (Lipinski definition) is 6. The first-order valence-corrected chi connectivity index (χ1v) is 48.1. The van der Waals surface area contributed by atoms with Crippen molar-refractivity contribution in [3.63, 3.8) is 0 Å². The Kier molecular flexibility index (Phi) is 59.4. The topological polar surface area (TPSA) is 384 Å². The maximum atomic E-state index is 13.6. The minimum absolute atomic E-state index is 0. The Balaban J connectivity index is 0.000000368. The molecular formula is C101H144Gd2N22O12. The van der Waals surface area contributed by atoms with Gasteiger partial charge >= 0.3 is 17.9 Å². The number of Topliss-reactive ketones (excluding diaryl/α,β-unsaturated/α-hetero) is 3. The molecule has 8 aromatic rings. The van der Waals surface area contributed by atoms with E-state index in [1.54, 1.807) is 24.8 Å². The molecule has 10 rings (SSSR count). The van der Waals surface area contributed by atoms with Crippen LogP contribution in [0.3, 0.4) is 0 Å². The van der Waals surface area contributed by atoms with Crippen LogP contribution in [0.5, 0.6) is 0 Å². The van der Waals surface area contributed by atoms with Crippen molar-refractivity contribution in [1.29, 1.82) is 0 Å². The second-order valence-corrected chi connectivity index (χ2v) is 34.6. The van der Waals surface area contributed by atoms with Crippen LogP contribution in [0.15, 0.2) is 195 Å². The monoisotopic (exact) mass is 2170 g/mol. The van der Waals surface area contributed by atoms with Crippen LogP contribution in [0.2, 0.25) is 0 Å². The Bertz CT molecular complexity index is 4320. The first-order valence-electron chi connectivity index (χ1n) is 48.1. The van der Waals surface area contributed by atoms with E-state index in [2.05, 4.69) is 89.7 Å². The van der Waals surface area contributed by atoms with Crippen molar-refractivity contribution in [2.24, 2.45) is 0 Å². The van der Waals surface area contributed by atoms with Gasteiger partial charge in [0.25, 0.3) is 0 Å². The summed E-state index contributed by atoms with van der Waals surface area (Å²) in [6.07, 6.45) is 23.3. The summed E-state index contributed by atoms with van der Waals surface area (Å²) in [6, 6.07) is 47.4.